The molecule has 0 atom stereocenters. The third-order valence-corrected chi connectivity index (χ3v) is 5.42. The van der Waals surface area contributed by atoms with Crippen molar-refractivity contribution in [1.82, 2.24) is 5.32 Å². The van der Waals surface area contributed by atoms with E-state index in [1.807, 2.05) is 0 Å². The molecule has 0 aliphatic carbocycles. The number of unbranched alkanes of at least 4 members (excludes halogenated alkanes) is 15. The van der Waals surface area contributed by atoms with E-state index < -0.39 is 0 Å². The van der Waals surface area contributed by atoms with Crippen LogP contribution in [-0.4, -0.2) is 36.0 Å². The number of aliphatic hydroxyl groups is 2. The van der Waals surface area contributed by atoms with Gasteiger partial charge in [-0.2, -0.15) is 0 Å². The zero-order valence-corrected chi connectivity index (χ0v) is 19.0. The fraction of sp³-hybridized carbons (Fsp3) is 1.00. The lowest BCUT2D eigenvalue weighted by Gasteiger charge is -2.16. The minimum Gasteiger partial charge on any atom is -0.396 e. The molecule has 0 aromatic carbocycles. The molecule has 0 fully saturated rings. The maximum absolute atomic E-state index is 8.99. The van der Waals surface area contributed by atoms with Gasteiger partial charge in [0.2, 0.25) is 0 Å². The summed E-state index contributed by atoms with van der Waals surface area (Å²) in [6, 6.07) is 0.279. The van der Waals surface area contributed by atoms with E-state index >= 15 is 0 Å². The zero-order chi connectivity index (χ0) is 19.1. The maximum atomic E-state index is 8.99. The van der Waals surface area contributed by atoms with Crippen molar-refractivity contribution in [1.29, 1.82) is 0 Å². The highest BCUT2D eigenvalue weighted by Gasteiger charge is 2.05. The van der Waals surface area contributed by atoms with E-state index in [-0.39, 0.29) is 31.7 Å². The standard InChI is InChI=1S/C23H49NO2.ClH/c1-2-3-4-5-6-7-8-9-10-11-12-13-14-15-16-17-20-24-23(18-21-25)19-22-26;/h23-26H,2-22H2,1H3;1H. The highest BCUT2D eigenvalue weighted by molar-refractivity contribution is 5.85. The molecule has 4 heteroatoms. The molecule has 0 saturated heterocycles. The monoisotopic (exact) mass is 407 g/mol. The van der Waals surface area contributed by atoms with Crippen LogP contribution in [0.15, 0.2) is 0 Å². The van der Waals surface area contributed by atoms with Crippen molar-refractivity contribution >= 4 is 12.4 Å². The molecule has 0 rings (SSSR count). The Morgan fingerprint density at radius 2 is 0.889 bits per heavy atom. The van der Waals surface area contributed by atoms with E-state index in [2.05, 4.69) is 12.2 Å². The Balaban J connectivity index is 0. The Labute approximate surface area is 176 Å². The summed E-state index contributed by atoms with van der Waals surface area (Å²) in [5, 5.41) is 21.4. The molecule has 3 N–H and O–H groups in total. The summed E-state index contributed by atoms with van der Waals surface area (Å²) in [5.41, 5.74) is 0. The topological polar surface area (TPSA) is 52.5 Å². The van der Waals surface area contributed by atoms with Gasteiger partial charge >= 0.3 is 0 Å². The SMILES string of the molecule is CCCCCCCCCCCCCCCCCCNC(CCO)CCO.Cl. The average Bonchev–Trinajstić information content (AvgIpc) is 2.64. The van der Waals surface area contributed by atoms with Crippen LogP contribution in [0.1, 0.15) is 122 Å². The molecule has 0 spiro atoms. The Morgan fingerprint density at radius 1 is 0.556 bits per heavy atom. The van der Waals surface area contributed by atoms with Crippen LogP contribution in [0.3, 0.4) is 0 Å². The summed E-state index contributed by atoms with van der Waals surface area (Å²) in [4.78, 5) is 0. The molecular formula is C23H50ClNO2. The third kappa shape index (κ3) is 24.1. The molecule has 3 nitrogen and oxygen atoms in total. The third-order valence-electron chi connectivity index (χ3n) is 5.42. The van der Waals surface area contributed by atoms with Gasteiger partial charge in [0.1, 0.15) is 0 Å². The quantitative estimate of drug-likeness (QED) is 0.182. The van der Waals surface area contributed by atoms with Crippen LogP contribution in [-0.2, 0) is 0 Å². The summed E-state index contributed by atoms with van der Waals surface area (Å²) in [7, 11) is 0. The van der Waals surface area contributed by atoms with E-state index in [1.165, 1.54) is 103 Å². The van der Waals surface area contributed by atoms with E-state index in [0.29, 0.717) is 0 Å². The lowest BCUT2D eigenvalue weighted by molar-refractivity contribution is 0.227. The van der Waals surface area contributed by atoms with E-state index in [0.717, 1.165) is 19.4 Å². The van der Waals surface area contributed by atoms with Crippen molar-refractivity contribution in [2.45, 2.75) is 129 Å². The number of nitrogens with one attached hydrogen (secondary N) is 1. The number of hydrogen-bond acceptors (Lipinski definition) is 3. The number of rotatable bonds is 22. The van der Waals surface area contributed by atoms with Crippen LogP contribution < -0.4 is 5.32 Å². The van der Waals surface area contributed by atoms with Crippen LogP contribution in [0.25, 0.3) is 0 Å². The van der Waals surface area contributed by atoms with Crippen molar-refractivity contribution in [2.75, 3.05) is 19.8 Å². The molecule has 0 saturated carbocycles. The van der Waals surface area contributed by atoms with Gasteiger partial charge in [0.15, 0.2) is 0 Å². The first-order chi connectivity index (χ1) is 12.8. The average molecular weight is 408 g/mol. The second-order valence-electron chi connectivity index (χ2n) is 7.98. The molecule has 0 unspecified atom stereocenters. The molecule has 0 aromatic heterocycles. The lowest BCUT2D eigenvalue weighted by atomic mass is 10.0. The first-order valence-electron chi connectivity index (χ1n) is 11.8. The van der Waals surface area contributed by atoms with E-state index in [1.54, 1.807) is 0 Å². The Morgan fingerprint density at radius 3 is 1.22 bits per heavy atom. The first kappa shape index (κ1) is 29.4. The van der Waals surface area contributed by atoms with Gasteiger partial charge in [-0.05, 0) is 25.8 Å². The van der Waals surface area contributed by atoms with Gasteiger partial charge in [0.25, 0.3) is 0 Å². The second kappa shape index (κ2) is 26.2. The summed E-state index contributed by atoms with van der Waals surface area (Å²) >= 11 is 0. The molecule has 0 aliphatic heterocycles. The number of hydrogen-bond donors (Lipinski definition) is 3. The molecule has 0 bridgehead atoms. The fourth-order valence-electron chi connectivity index (χ4n) is 3.64. The van der Waals surface area contributed by atoms with Crippen LogP contribution in [0.5, 0.6) is 0 Å². The van der Waals surface area contributed by atoms with Crippen molar-refractivity contribution in [3.8, 4) is 0 Å². The van der Waals surface area contributed by atoms with Crippen LogP contribution >= 0.6 is 12.4 Å². The van der Waals surface area contributed by atoms with Crippen LogP contribution in [0.4, 0.5) is 0 Å². The summed E-state index contributed by atoms with van der Waals surface area (Å²) in [5.74, 6) is 0. The molecule has 0 radical (unpaired) electrons. The van der Waals surface area contributed by atoms with Gasteiger partial charge in [0.05, 0.1) is 0 Å². The van der Waals surface area contributed by atoms with Gasteiger partial charge in [-0.15, -0.1) is 12.4 Å². The van der Waals surface area contributed by atoms with Crippen molar-refractivity contribution in [2.24, 2.45) is 0 Å². The Bertz CT molecular complexity index is 249. The van der Waals surface area contributed by atoms with Gasteiger partial charge in [0, 0.05) is 19.3 Å². The second-order valence-corrected chi connectivity index (χ2v) is 7.98. The molecule has 0 aromatic rings. The zero-order valence-electron chi connectivity index (χ0n) is 18.2. The highest BCUT2D eigenvalue weighted by Crippen LogP contribution is 2.13. The van der Waals surface area contributed by atoms with Gasteiger partial charge in [-0.1, -0.05) is 103 Å². The molecule has 0 heterocycles. The number of aliphatic hydroxyl groups excluding tert-OH is 2. The van der Waals surface area contributed by atoms with Crippen LogP contribution in [0, 0.1) is 0 Å². The van der Waals surface area contributed by atoms with E-state index in [9.17, 15) is 0 Å². The predicted molar refractivity (Wildman–Crippen MR) is 122 cm³/mol. The molecule has 27 heavy (non-hydrogen) atoms. The maximum Gasteiger partial charge on any atom is 0.0445 e. The van der Waals surface area contributed by atoms with Gasteiger partial charge < -0.3 is 15.5 Å². The largest absolute Gasteiger partial charge is 0.396 e. The highest BCUT2D eigenvalue weighted by atomic mass is 35.5. The number of halogens is 1. The first-order valence-corrected chi connectivity index (χ1v) is 11.8. The van der Waals surface area contributed by atoms with Gasteiger partial charge in [-0.3, -0.25) is 0 Å². The van der Waals surface area contributed by atoms with Gasteiger partial charge in [-0.25, -0.2) is 0 Å². The minimum absolute atomic E-state index is 0. The molecule has 0 amide bonds. The fourth-order valence-corrected chi connectivity index (χ4v) is 3.64. The summed E-state index contributed by atoms with van der Waals surface area (Å²) in [6.45, 7) is 3.71. The normalized spacial score (nSPS) is 11.1. The molecular weight excluding hydrogens is 358 g/mol. The van der Waals surface area contributed by atoms with Crippen molar-refractivity contribution < 1.29 is 10.2 Å². The van der Waals surface area contributed by atoms with Crippen molar-refractivity contribution in [3.63, 3.8) is 0 Å². The Kier molecular flexibility index (Phi) is 28.5. The minimum atomic E-state index is 0. The van der Waals surface area contributed by atoms with Crippen molar-refractivity contribution in [3.05, 3.63) is 0 Å². The summed E-state index contributed by atoms with van der Waals surface area (Å²) < 4.78 is 0. The Hall–Kier alpha value is 0.170. The molecule has 0 aliphatic rings. The summed E-state index contributed by atoms with van der Waals surface area (Å²) in [6.07, 6.45) is 23.9. The van der Waals surface area contributed by atoms with Crippen LogP contribution in [0.2, 0.25) is 0 Å². The van der Waals surface area contributed by atoms with E-state index in [4.69, 9.17) is 10.2 Å². The predicted octanol–water partition coefficient (Wildman–Crippen LogP) is 6.39. The smallest absolute Gasteiger partial charge is 0.0445 e. The lowest BCUT2D eigenvalue weighted by Crippen LogP contribution is -2.31. The molecule has 166 valence electrons.